The van der Waals surface area contributed by atoms with Gasteiger partial charge in [-0.2, -0.15) is 0 Å². The van der Waals surface area contributed by atoms with Crippen LogP contribution in [-0.4, -0.2) is 42.1 Å². The summed E-state index contributed by atoms with van der Waals surface area (Å²) in [4.78, 5) is 26.5. The van der Waals surface area contributed by atoms with E-state index in [9.17, 15) is 9.59 Å². The molecule has 0 aliphatic rings. The molecule has 22 heavy (non-hydrogen) atoms. The molecule has 5 heteroatoms. The van der Waals surface area contributed by atoms with Crippen molar-refractivity contribution >= 4 is 23.6 Å². The third kappa shape index (κ3) is 6.10. The van der Waals surface area contributed by atoms with Gasteiger partial charge in [0.25, 0.3) is 0 Å². The van der Waals surface area contributed by atoms with E-state index in [4.69, 9.17) is 0 Å². The Kier molecular flexibility index (Phi) is 8.02. The molecule has 0 aliphatic carbocycles. The first-order chi connectivity index (χ1) is 10.5. The lowest BCUT2D eigenvalue weighted by Gasteiger charge is -2.20. The molecule has 1 N–H and O–H groups in total. The summed E-state index contributed by atoms with van der Waals surface area (Å²) in [5, 5.41) is 2.72. The van der Waals surface area contributed by atoms with E-state index in [1.807, 2.05) is 13.8 Å². The van der Waals surface area contributed by atoms with Gasteiger partial charge in [0.15, 0.2) is 0 Å². The van der Waals surface area contributed by atoms with E-state index < -0.39 is 0 Å². The van der Waals surface area contributed by atoms with Gasteiger partial charge in [0.05, 0.1) is 6.54 Å². The largest absolute Gasteiger partial charge is 0.355 e. The molecule has 0 unspecified atom stereocenters. The number of benzene rings is 1. The van der Waals surface area contributed by atoms with Gasteiger partial charge in [0, 0.05) is 30.2 Å². The van der Waals surface area contributed by atoms with Crippen molar-refractivity contribution in [2.24, 2.45) is 0 Å². The fourth-order valence-electron chi connectivity index (χ4n) is 2.02. The average Bonchev–Trinajstić information content (AvgIpc) is 2.48. The summed E-state index contributed by atoms with van der Waals surface area (Å²) in [7, 11) is 0. The van der Waals surface area contributed by atoms with Crippen LogP contribution in [0.15, 0.2) is 23.1 Å². The second-order valence-corrected chi connectivity index (χ2v) is 6.37. The second-order valence-electron chi connectivity index (χ2n) is 5.21. The molecule has 1 rings (SSSR count). The van der Waals surface area contributed by atoms with Crippen molar-refractivity contribution < 1.29 is 9.59 Å². The highest BCUT2D eigenvalue weighted by molar-refractivity contribution is 7.99. The van der Waals surface area contributed by atoms with Crippen molar-refractivity contribution in [1.29, 1.82) is 0 Å². The number of thioether (sulfide) groups is 1. The monoisotopic (exact) mass is 322 g/mol. The fourth-order valence-corrected chi connectivity index (χ4v) is 2.96. The minimum atomic E-state index is -0.0977. The molecule has 0 radical (unpaired) electrons. The molecule has 0 aromatic heterocycles. The van der Waals surface area contributed by atoms with Crippen molar-refractivity contribution in [3.05, 3.63) is 29.3 Å². The number of hydrogen-bond acceptors (Lipinski definition) is 3. The van der Waals surface area contributed by atoms with Crippen molar-refractivity contribution in [2.45, 2.75) is 39.0 Å². The molecule has 2 amide bonds. The molecule has 0 saturated heterocycles. The van der Waals surface area contributed by atoms with Gasteiger partial charge < -0.3 is 10.2 Å². The van der Waals surface area contributed by atoms with Crippen LogP contribution < -0.4 is 5.32 Å². The Morgan fingerprint density at radius 1 is 1.18 bits per heavy atom. The quantitative estimate of drug-likeness (QED) is 0.749. The van der Waals surface area contributed by atoms with Crippen LogP contribution in [0.4, 0.5) is 0 Å². The van der Waals surface area contributed by atoms with E-state index in [0.29, 0.717) is 19.5 Å². The Labute approximate surface area is 137 Å². The van der Waals surface area contributed by atoms with Crippen LogP contribution in [0.1, 0.15) is 31.4 Å². The Balaban J connectivity index is 2.43. The van der Waals surface area contributed by atoms with E-state index in [2.05, 4.69) is 37.4 Å². The van der Waals surface area contributed by atoms with Crippen molar-refractivity contribution in [3.8, 4) is 0 Å². The lowest BCUT2D eigenvalue weighted by molar-refractivity contribution is -0.135. The summed E-state index contributed by atoms with van der Waals surface area (Å²) in [5.41, 5.74) is 2.54. The molecule has 0 spiro atoms. The summed E-state index contributed by atoms with van der Waals surface area (Å²) in [6.45, 7) is 9.25. The van der Waals surface area contributed by atoms with Gasteiger partial charge in [-0.25, -0.2) is 0 Å². The molecule has 0 saturated carbocycles. The molecule has 1 aromatic carbocycles. The van der Waals surface area contributed by atoms with Crippen molar-refractivity contribution in [1.82, 2.24) is 10.2 Å². The maximum Gasteiger partial charge on any atom is 0.239 e. The number of carbonyl (C=O) groups excluding carboxylic acids is 2. The van der Waals surface area contributed by atoms with Gasteiger partial charge in [0.1, 0.15) is 0 Å². The van der Waals surface area contributed by atoms with E-state index in [1.54, 1.807) is 16.7 Å². The van der Waals surface area contributed by atoms with Crippen LogP contribution in [-0.2, 0) is 9.59 Å². The first-order valence-electron chi connectivity index (χ1n) is 7.72. The first-order valence-corrected chi connectivity index (χ1v) is 8.71. The normalized spacial score (nSPS) is 10.4. The van der Waals surface area contributed by atoms with Crippen LogP contribution in [0.25, 0.3) is 0 Å². The minimum absolute atomic E-state index is 0.0325. The average molecular weight is 322 g/mol. The summed E-state index contributed by atoms with van der Waals surface area (Å²) in [6, 6.07) is 6.34. The van der Waals surface area contributed by atoms with Gasteiger partial charge in [-0.1, -0.05) is 6.07 Å². The Morgan fingerprint density at radius 2 is 1.91 bits per heavy atom. The number of aryl methyl sites for hydroxylation is 2. The van der Waals surface area contributed by atoms with Gasteiger partial charge in [-0.15, -0.1) is 11.8 Å². The zero-order valence-corrected chi connectivity index (χ0v) is 14.8. The molecule has 4 nitrogen and oxygen atoms in total. The van der Waals surface area contributed by atoms with Crippen LogP contribution in [0.2, 0.25) is 0 Å². The predicted molar refractivity (Wildman–Crippen MR) is 92.2 cm³/mol. The zero-order chi connectivity index (χ0) is 16.5. The summed E-state index contributed by atoms with van der Waals surface area (Å²) in [5.74, 6) is 0.664. The molecule has 0 bridgehead atoms. The summed E-state index contributed by atoms with van der Waals surface area (Å²) < 4.78 is 0. The molecule has 0 fully saturated rings. The maximum absolute atomic E-state index is 12.2. The van der Waals surface area contributed by atoms with Crippen LogP contribution in [0.3, 0.4) is 0 Å². The molecule has 1 aromatic rings. The van der Waals surface area contributed by atoms with E-state index >= 15 is 0 Å². The van der Waals surface area contributed by atoms with Crippen LogP contribution >= 0.6 is 11.8 Å². The number of likely N-dealkylation sites (N-methyl/N-ethyl adjacent to an activating group) is 2. The lowest BCUT2D eigenvalue weighted by Crippen LogP contribution is -2.40. The first kappa shape index (κ1) is 18.6. The Bertz CT molecular complexity index is 517. The predicted octanol–water partition coefficient (Wildman–Crippen LogP) is 2.77. The van der Waals surface area contributed by atoms with Crippen LogP contribution in [0.5, 0.6) is 0 Å². The highest BCUT2D eigenvalue weighted by atomic mass is 32.2. The molecule has 0 aliphatic heterocycles. The Morgan fingerprint density at radius 3 is 2.50 bits per heavy atom. The molecule has 122 valence electrons. The highest BCUT2D eigenvalue weighted by Crippen LogP contribution is 2.21. The third-order valence-corrected chi connectivity index (χ3v) is 4.50. The Hall–Kier alpha value is -1.49. The molecule has 0 atom stereocenters. The molecular formula is C17H26N2O2S. The zero-order valence-electron chi connectivity index (χ0n) is 13.9. The van der Waals surface area contributed by atoms with E-state index in [1.165, 1.54) is 16.0 Å². The number of nitrogens with one attached hydrogen (secondary N) is 1. The summed E-state index contributed by atoms with van der Waals surface area (Å²) >= 11 is 1.68. The fraction of sp³-hybridized carbons (Fsp3) is 0.529. The SMILES string of the molecule is CCNC(=O)CN(CC)C(=O)CCSc1ccc(C)c(C)c1. The smallest absolute Gasteiger partial charge is 0.239 e. The second kappa shape index (κ2) is 9.51. The number of carbonyl (C=O) groups is 2. The van der Waals surface area contributed by atoms with Gasteiger partial charge in [-0.3, -0.25) is 9.59 Å². The number of rotatable bonds is 8. The van der Waals surface area contributed by atoms with Gasteiger partial charge in [-0.05, 0) is 51.0 Å². The van der Waals surface area contributed by atoms with Gasteiger partial charge in [0.2, 0.25) is 11.8 Å². The number of amides is 2. The highest BCUT2D eigenvalue weighted by Gasteiger charge is 2.14. The maximum atomic E-state index is 12.2. The lowest BCUT2D eigenvalue weighted by atomic mass is 10.1. The molecule has 0 heterocycles. The van der Waals surface area contributed by atoms with Gasteiger partial charge >= 0.3 is 0 Å². The van der Waals surface area contributed by atoms with E-state index in [0.717, 1.165) is 5.75 Å². The van der Waals surface area contributed by atoms with E-state index in [-0.39, 0.29) is 18.4 Å². The summed E-state index contributed by atoms with van der Waals surface area (Å²) in [6.07, 6.45) is 0.449. The standard InChI is InChI=1S/C17H26N2O2S/c1-5-18-16(20)12-19(6-2)17(21)9-10-22-15-8-7-13(3)14(4)11-15/h7-8,11H,5-6,9-10,12H2,1-4H3,(H,18,20). The molecular weight excluding hydrogens is 296 g/mol. The van der Waals surface area contributed by atoms with Crippen LogP contribution in [0, 0.1) is 13.8 Å². The minimum Gasteiger partial charge on any atom is -0.355 e. The topological polar surface area (TPSA) is 49.4 Å². The third-order valence-electron chi connectivity index (χ3n) is 3.51. The van der Waals surface area contributed by atoms with Crippen molar-refractivity contribution in [2.75, 3.05) is 25.4 Å². The number of hydrogen-bond donors (Lipinski definition) is 1. The number of nitrogens with zero attached hydrogens (tertiary/aromatic N) is 1. The van der Waals surface area contributed by atoms with Crippen molar-refractivity contribution in [3.63, 3.8) is 0 Å².